The molecule has 0 spiro atoms. The first-order valence-corrected chi connectivity index (χ1v) is 6.58. The Morgan fingerprint density at radius 2 is 2.14 bits per heavy atom. The number of hydrogen-bond acceptors (Lipinski definition) is 4. The second-order valence-electron chi connectivity index (χ2n) is 3.98. The van der Waals surface area contributed by atoms with Gasteiger partial charge < -0.3 is 20.7 Å². The number of carbonyl (C=O) groups is 2. The lowest BCUT2D eigenvalue weighted by Crippen LogP contribution is -2.29. The van der Waals surface area contributed by atoms with E-state index in [1.165, 1.54) is 0 Å². The Kier molecular flexibility index (Phi) is 4.33. The smallest absolute Gasteiger partial charge is 0.335 e. The van der Waals surface area contributed by atoms with E-state index in [0.717, 1.165) is 29.5 Å². The number of thiazole rings is 1. The number of aromatic carboxylic acids is 1. The van der Waals surface area contributed by atoms with Crippen LogP contribution in [-0.4, -0.2) is 22.1 Å². The van der Waals surface area contributed by atoms with E-state index in [-0.39, 0.29) is 22.7 Å². The summed E-state index contributed by atoms with van der Waals surface area (Å²) in [5.41, 5.74) is 0.125. The van der Waals surface area contributed by atoms with Crippen LogP contribution in [0.25, 0.3) is 0 Å². The summed E-state index contributed by atoms with van der Waals surface area (Å²) in [5.74, 6) is -1.98. The van der Waals surface area contributed by atoms with Gasteiger partial charge in [0.1, 0.15) is 5.82 Å². The van der Waals surface area contributed by atoms with Crippen LogP contribution in [0.5, 0.6) is 0 Å². The van der Waals surface area contributed by atoms with E-state index in [2.05, 4.69) is 15.6 Å². The number of urea groups is 1. The van der Waals surface area contributed by atoms with Gasteiger partial charge in [0, 0.05) is 11.1 Å². The number of aromatic amines is 1. The number of H-pyrrole nitrogens is 1. The SMILES string of the molecule is O=C(NCc1csc(=O)[nH]1)Nc1cc(C(=O)O)ccc1F. The lowest BCUT2D eigenvalue weighted by Gasteiger charge is -2.08. The molecule has 0 aliphatic carbocycles. The highest BCUT2D eigenvalue weighted by Crippen LogP contribution is 2.16. The van der Waals surface area contributed by atoms with Crippen LogP contribution < -0.4 is 15.5 Å². The second kappa shape index (κ2) is 6.18. The highest BCUT2D eigenvalue weighted by atomic mass is 32.1. The highest BCUT2D eigenvalue weighted by molar-refractivity contribution is 7.07. The monoisotopic (exact) mass is 311 g/mol. The van der Waals surface area contributed by atoms with Crippen LogP contribution in [0, 0.1) is 5.82 Å². The van der Waals surface area contributed by atoms with Gasteiger partial charge in [0.05, 0.1) is 17.8 Å². The van der Waals surface area contributed by atoms with E-state index in [9.17, 15) is 18.8 Å². The Morgan fingerprint density at radius 3 is 2.76 bits per heavy atom. The molecule has 0 saturated carbocycles. The molecule has 7 nitrogen and oxygen atoms in total. The van der Waals surface area contributed by atoms with Crippen molar-refractivity contribution in [2.24, 2.45) is 0 Å². The Balaban J connectivity index is 2.00. The predicted molar refractivity (Wildman–Crippen MR) is 74.2 cm³/mol. The van der Waals surface area contributed by atoms with Crippen LogP contribution in [-0.2, 0) is 6.54 Å². The van der Waals surface area contributed by atoms with Gasteiger partial charge in [0.2, 0.25) is 0 Å². The third kappa shape index (κ3) is 3.89. The summed E-state index contributed by atoms with van der Waals surface area (Å²) in [6.07, 6.45) is 0. The van der Waals surface area contributed by atoms with E-state index in [1.54, 1.807) is 5.38 Å². The number of carboxylic acids is 1. The first-order valence-electron chi connectivity index (χ1n) is 5.70. The normalized spacial score (nSPS) is 10.1. The average molecular weight is 311 g/mol. The van der Waals surface area contributed by atoms with Crippen LogP contribution in [0.4, 0.5) is 14.9 Å². The van der Waals surface area contributed by atoms with Crippen LogP contribution in [0.15, 0.2) is 28.4 Å². The predicted octanol–water partition coefficient (Wildman–Crippen LogP) is 1.60. The van der Waals surface area contributed by atoms with Crippen molar-refractivity contribution in [3.05, 3.63) is 50.3 Å². The summed E-state index contributed by atoms with van der Waals surface area (Å²) >= 11 is 0.960. The summed E-state index contributed by atoms with van der Waals surface area (Å²) in [4.78, 5) is 35.5. The Bertz CT molecular complexity index is 740. The Morgan fingerprint density at radius 1 is 1.38 bits per heavy atom. The molecule has 0 bridgehead atoms. The molecule has 0 radical (unpaired) electrons. The Labute approximate surface area is 121 Å². The zero-order valence-electron chi connectivity index (χ0n) is 10.5. The number of benzene rings is 1. The zero-order chi connectivity index (χ0) is 15.4. The quantitative estimate of drug-likeness (QED) is 0.687. The van der Waals surface area contributed by atoms with Gasteiger partial charge in [0.25, 0.3) is 0 Å². The summed E-state index contributed by atoms with van der Waals surface area (Å²) in [7, 11) is 0. The van der Waals surface area contributed by atoms with Gasteiger partial charge in [-0.15, -0.1) is 0 Å². The maximum Gasteiger partial charge on any atom is 0.335 e. The maximum absolute atomic E-state index is 13.5. The molecule has 0 atom stereocenters. The van der Waals surface area contributed by atoms with E-state index in [4.69, 9.17) is 5.11 Å². The Hall–Kier alpha value is -2.68. The molecule has 0 aliphatic heterocycles. The van der Waals surface area contributed by atoms with Gasteiger partial charge in [-0.05, 0) is 18.2 Å². The molecule has 2 rings (SSSR count). The standard InChI is InChI=1S/C12H10FN3O4S/c13-8-2-1-6(10(17)18)3-9(8)16-11(19)14-4-7-5-21-12(20)15-7/h1-3,5H,4H2,(H,15,20)(H,17,18)(H2,14,16,19). The molecule has 21 heavy (non-hydrogen) atoms. The summed E-state index contributed by atoms with van der Waals surface area (Å²) in [5, 5.41) is 15.0. The minimum absolute atomic E-state index is 0.0603. The minimum Gasteiger partial charge on any atom is -0.478 e. The molecule has 0 unspecified atom stereocenters. The lowest BCUT2D eigenvalue weighted by atomic mass is 10.2. The number of anilines is 1. The van der Waals surface area contributed by atoms with Crippen LogP contribution >= 0.6 is 11.3 Å². The fourth-order valence-electron chi connectivity index (χ4n) is 1.50. The largest absolute Gasteiger partial charge is 0.478 e. The number of rotatable bonds is 4. The molecular formula is C12H10FN3O4S. The minimum atomic E-state index is -1.23. The zero-order valence-corrected chi connectivity index (χ0v) is 11.3. The van der Waals surface area contributed by atoms with Crippen molar-refractivity contribution in [2.75, 3.05) is 5.32 Å². The molecule has 1 aromatic carbocycles. The van der Waals surface area contributed by atoms with Crippen molar-refractivity contribution in [1.82, 2.24) is 10.3 Å². The van der Waals surface area contributed by atoms with Crippen molar-refractivity contribution in [3.63, 3.8) is 0 Å². The number of nitrogens with one attached hydrogen (secondary N) is 3. The fraction of sp³-hybridized carbons (Fsp3) is 0.0833. The van der Waals surface area contributed by atoms with Crippen LogP contribution in [0.3, 0.4) is 0 Å². The van der Waals surface area contributed by atoms with E-state index < -0.39 is 17.8 Å². The molecule has 0 saturated heterocycles. The number of halogens is 1. The van der Waals surface area contributed by atoms with Gasteiger partial charge in [-0.1, -0.05) is 11.3 Å². The van der Waals surface area contributed by atoms with Crippen molar-refractivity contribution in [3.8, 4) is 0 Å². The molecule has 1 heterocycles. The number of carbonyl (C=O) groups excluding carboxylic acids is 1. The molecule has 0 fully saturated rings. The maximum atomic E-state index is 13.5. The number of aromatic nitrogens is 1. The average Bonchev–Trinajstić information content (AvgIpc) is 2.84. The molecular weight excluding hydrogens is 301 g/mol. The van der Waals surface area contributed by atoms with Gasteiger partial charge in [-0.2, -0.15) is 0 Å². The third-order valence-electron chi connectivity index (χ3n) is 2.47. The summed E-state index contributed by atoms with van der Waals surface area (Å²) < 4.78 is 13.5. The lowest BCUT2D eigenvalue weighted by molar-refractivity contribution is 0.0697. The molecule has 110 valence electrons. The van der Waals surface area contributed by atoms with Crippen LogP contribution in [0.1, 0.15) is 16.1 Å². The first kappa shape index (κ1) is 14.7. The van der Waals surface area contributed by atoms with E-state index in [1.807, 2.05) is 0 Å². The van der Waals surface area contributed by atoms with E-state index in [0.29, 0.717) is 5.69 Å². The van der Waals surface area contributed by atoms with Gasteiger partial charge >= 0.3 is 16.9 Å². The molecule has 4 N–H and O–H groups in total. The van der Waals surface area contributed by atoms with Gasteiger partial charge in [-0.25, -0.2) is 14.0 Å². The molecule has 0 aliphatic rings. The van der Waals surface area contributed by atoms with Crippen LogP contribution in [0.2, 0.25) is 0 Å². The van der Waals surface area contributed by atoms with Gasteiger partial charge in [-0.3, -0.25) is 4.79 Å². The van der Waals surface area contributed by atoms with Crippen molar-refractivity contribution in [1.29, 1.82) is 0 Å². The first-order chi connectivity index (χ1) is 9.95. The molecule has 2 aromatic rings. The molecule has 2 amide bonds. The highest BCUT2D eigenvalue weighted by Gasteiger charge is 2.11. The second-order valence-corrected chi connectivity index (χ2v) is 4.82. The third-order valence-corrected chi connectivity index (χ3v) is 3.19. The topological polar surface area (TPSA) is 111 Å². The number of carboxylic acid groups (broad SMARTS) is 1. The van der Waals surface area contributed by atoms with E-state index >= 15 is 0 Å². The summed E-state index contributed by atoms with van der Waals surface area (Å²) in [6, 6.07) is 2.35. The van der Waals surface area contributed by atoms with Crippen molar-refractivity contribution >= 4 is 29.0 Å². The summed E-state index contributed by atoms with van der Waals surface area (Å²) in [6.45, 7) is 0.0603. The van der Waals surface area contributed by atoms with Gasteiger partial charge in [0.15, 0.2) is 0 Å². The number of hydrogen-bond donors (Lipinski definition) is 4. The fourth-order valence-corrected chi connectivity index (χ4v) is 2.08. The molecule has 1 aromatic heterocycles. The van der Waals surface area contributed by atoms with Crippen molar-refractivity contribution in [2.45, 2.75) is 6.54 Å². The number of amides is 2. The molecule has 9 heteroatoms. The van der Waals surface area contributed by atoms with Crippen molar-refractivity contribution < 1.29 is 19.1 Å².